The van der Waals surface area contributed by atoms with Gasteiger partial charge in [-0.3, -0.25) is 19.2 Å². The summed E-state index contributed by atoms with van der Waals surface area (Å²) in [7, 11) is -0.782. The quantitative estimate of drug-likeness (QED) is 0.0534. The van der Waals surface area contributed by atoms with Crippen molar-refractivity contribution in [3.05, 3.63) is 154 Å². The average molecular weight is 1030 g/mol. The van der Waals surface area contributed by atoms with Crippen LogP contribution in [0.1, 0.15) is 67.0 Å². The molecule has 6 aromatic rings. The minimum Gasteiger partial charge on any atom is -0.497 e. The van der Waals surface area contributed by atoms with E-state index in [-0.39, 0.29) is 55.1 Å². The van der Waals surface area contributed by atoms with E-state index in [9.17, 15) is 15.0 Å². The van der Waals surface area contributed by atoms with Crippen molar-refractivity contribution >= 4 is 58.1 Å². The number of halogens is 1. The van der Waals surface area contributed by atoms with E-state index in [1.807, 2.05) is 120 Å². The van der Waals surface area contributed by atoms with Gasteiger partial charge in [-0.1, -0.05) is 101 Å². The normalized spacial score (nSPS) is 21.3. The minimum atomic E-state index is -2.46. The summed E-state index contributed by atoms with van der Waals surface area (Å²) in [6.07, 6.45) is 4.08. The number of hydrogen-bond donors (Lipinski definition) is 3. The summed E-state index contributed by atoms with van der Waals surface area (Å²) in [6, 6.07) is 37.6. The van der Waals surface area contributed by atoms with Gasteiger partial charge in [0, 0.05) is 41.0 Å². The number of fused-ring (bicyclic) bond motifs is 3. The van der Waals surface area contributed by atoms with E-state index in [1.54, 1.807) is 12.0 Å². The Labute approximate surface area is 419 Å². The van der Waals surface area contributed by atoms with E-state index in [0.29, 0.717) is 50.3 Å². The standard InChI is InChI=1S/C55H63BrN6O7Si/c1-6-68-43-20-24-49-39(30-43)31-47(57-26-10-11-28-63)53(65)62(49)41-16-12-13-37(29-41)33-61-50-23-17-40(56)32-46(50)55(54(61)66)36(2)52(70(4,5)44-21-18-42(67-3)19-22-44)51(69-55)25-27-60-34-48(58-59-60)45(35-64)38-14-8-7-9-15-38/h7-9,12-24,29-30,32,34,36,45,47,51-52,57,63-64H,6,10-11,25-28,31,33,35H2,1-5H3/t36-,45?,47?,51+,52-,55+/m0/s1. The van der Waals surface area contributed by atoms with E-state index in [4.69, 9.17) is 14.2 Å². The van der Waals surface area contributed by atoms with Crippen LogP contribution in [0.2, 0.25) is 18.6 Å². The van der Waals surface area contributed by atoms with Gasteiger partial charge in [0.25, 0.3) is 5.91 Å². The van der Waals surface area contributed by atoms with Crippen LogP contribution < -0.4 is 29.8 Å². The Balaban J connectivity index is 1.05. The van der Waals surface area contributed by atoms with Crippen molar-refractivity contribution in [1.82, 2.24) is 20.3 Å². The number of aliphatic hydroxyl groups excluding tert-OH is 2. The lowest BCUT2D eigenvalue weighted by Crippen LogP contribution is -2.51. The first-order chi connectivity index (χ1) is 33.9. The van der Waals surface area contributed by atoms with Crippen LogP contribution in [0, 0.1) is 5.92 Å². The second-order valence-corrected chi connectivity index (χ2v) is 24.9. The highest BCUT2D eigenvalue weighted by molar-refractivity contribution is 9.10. The van der Waals surface area contributed by atoms with E-state index in [2.05, 4.69) is 69.8 Å². The number of aliphatic hydroxyl groups is 2. The number of rotatable bonds is 19. The predicted octanol–water partition coefficient (Wildman–Crippen LogP) is 8.38. The summed E-state index contributed by atoms with van der Waals surface area (Å²) in [6.45, 7) is 10.8. The molecule has 13 nitrogen and oxygen atoms in total. The summed E-state index contributed by atoms with van der Waals surface area (Å²) >= 11 is 3.77. The number of carbonyl (C=O) groups is 2. The molecule has 1 aromatic heterocycles. The summed E-state index contributed by atoms with van der Waals surface area (Å²) in [5.41, 5.74) is 5.35. The second-order valence-electron chi connectivity index (χ2n) is 19.3. The average Bonchev–Trinajstić information content (AvgIpc) is 4.03. The first-order valence-electron chi connectivity index (χ1n) is 24.4. The number of methoxy groups -OCH3 is 1. The lowest BCUT2D eigenvalue weighted by Gasteiger charge is -2.37. The zero-order valence-corrected chi connectivity index (χ0v) is 43.1. The maximum Gasteiger partial charge on any atom is 0.264 e. The molecule has 0 saturated carbocycles. The van der Waals surface area contributed by atoms with Crippen molar-refractivity contribution in [2.75, 3.05) is 43.3 Å². The Morgan fingerprint density at radius 3 is 2.44 bits per heavy atom. The van der Waals surface area contributed by atoms with E-state index >= 15 is 4.79 Å². The molecule has 4 heterocycles. The Bertz CT molecular complexity index is 2810. The first-order valence-corrected chi connectivity index (χ1v) is 28.3. The van der Waals surface area contributed by atoms with Gasteiger partial charge < -0.3 is 34.6 Å². The SMILES string of the molecule is CCOc1ccc2c(c1)CC(NCCCCO)C(=O)N2c1cccc(CN2C(=O)[C@]3(O[C@H](CCn4cc(C(CO)c5ccccc5)nn4)[C@@H]([Si](C)(C)c4ccc(OC)cc4)[C@@H]3C)c3cc(Br)ccc32)c1. The van der Waals surface area contributed by atoms with Crippen LogP contribution in [0.25, 0.3) is 0 Å². The molecule has 366 valence electrons. The van der Waals surface area contributed by atoms with Crippen LogP contribution in [0.4, 0.5) is 17.1 Å². The Morgan fingerprint density at radius 1 is 0.929 bits per heavy atom. The zero-order chi connectivity index (χ0) is 49.2. The number of nitrogens with one attached hydrogen (secondary N) is 1. The monoisotopic (exact) mass is 1030 g/mol. The predicted molar refractivity (Wildman–Crippen MR) is 278 cm³/mol. The largest absolute Gasteiger partial charge is 0.497 e. The van der Waals surface area contributed by atoms with E-state index in [0.717, 1.165) is 56.0 Å². The third kappa shape index (κ3) is 9.35. The van der Waals surface area contributed by atoms with Crippen LogP contribution in [0.15, 0.2) is 126 Å². The fourth-order valence-corrected chi connectivity index (χ4v) is 15.7. The van der Waals surface area contributed by atoms with Gasteiger partial charge in [0.2, 0.25) is 5.91 Å². The van der Waals surface area contributed by atoms with Gasteiger partial charge in [-0.2, -0.15) is 0 Å². The van der Waals surface area contributed by atoms with E-state index < -0.39 is 19.7 Å². The molecule has 1 fully saturated rings. The Hall–Kier alpha value is -5.68. The van der Waals surface area contributed by atoms with Crippen molar-refractivity contribution in [3.8, 4) is 11.5 Å². The zero-order valence-electron chi connectivity index (χ0n) is 40.6. The number of ether oxygens (including phenoxy) is 3. The Kier molecular flexibility index (Phi) is 14.8. The third-order valence-electron chi connectivity index (χ3n) is 14.8. The summed E-state index contributed by atoms with van der Waals surface area (Å²) in [4.78, 5) is 33.9. The molecule has 1 spiro atoms. The number of aromatic nitrogens is 3. The van der Waals surface area contributed by atoms with Gasteiger partial charge >= 0.3 is 0 Å². The number of aryl methyl sites for hydroxylation is 1. The second kappa shape index (κ2) is 21.0. The van der Waals surface area contributed by atoms with Crippen LogP contribution in [0.3, 0.4) is 0 Å². The number of amides is 2. The highest BCUT2D eigenvalue weighted by Gasteiger charge is 2.66. The molecule has 3 aliphatic rings. The lowest BCUT2D eigenvalue weighted by atomic mass is 9.82. The van der Waals surface area contributed by atoms with Gasteiger partial charge in [0.1, 0.15) is 11.5 Å². The van der Waals surface area contributed by atoms with Gasteiger partial charge in [-0.25, -0.2) is 0 Å². The number of benzene rings is 5. The maximum atomic E-state index is 15.8. The van der Waals surface area contributed by atoms with Gasteiger partial charge in [-0.15, -0.1) is 5.10 Å². The van der Waals surface area contributed by atoms with Crippen molar-refractivity contribution in [2.45, 2.75) is 94.9 Å². The molecule has 3 aliphatic heterocycles. The number of carbonyl (C=O) groups excluding carboxylic acids is 2. The number of nitrogens with zero attached hydrogens (tertiary/aromatic N) is 5. The fraction of sp³-hybridized carbons (Fsp3) is 0.382. The number of unbranched alkanes of at least 4 members (excludes halogenated alkanes) is 1. The molecule has 15 heteroatoms. The fourth-order valence-electron chi connectivity index (χ4n) is 11.3. The molecule has 1 saturated heterocycles. The molecule has 5 aromatic carbocycles. The minimum absolute atomic E-state index is 0.00363. The third-order valence-corrected chi connectivity index (χ3v) is 19.6. The van der Waals surface area contributed by atoms with E-state index in [1.165, 1.54) is 5.19 Å². The van der Waals surface area contributed by atoms with Gasteiger partial charge in [-0.05, 0) is 122 Å². The first kappa shape index (κ1) is 49.3. The summed E-state index contributed by atoms with van der Waals surface area (Å²) < 4.78 is 21.6. The van der Waals surface area contributed by atoms with Crippen LogP contribution >= 0.6 is 15.9 Å². The maximum absolute atomic E-state index is 15.8. The number of hydrogen-bond acceptors (Lipinski definition) is 10. The summed E-state index contributed by atoms with van der Waals surface area (Å²) in [5.74, 6) is 0.824. The molecule has 0 aliphatic carbocycles. The molecule has 3 N–H and O–H groups in total. The van der Waals surface area contributed by atoms with Crippen LogP contribution in [-0.2, 0) is 39.4 Å². The molecule has 0 bridgehead atoms. The van der Waals surface area contributed by atoms with Crippen molar-refractivity contribution in [3.63, 3.8) is 0 Å². The smallest absolute Gasteiger partial charge is 0.264 e. The highest BCUT2D eigenvalue weighted by Crippen LogP contribution is 2.60. The molecule has 70 heavy (non-hydrogen) atoms. The molecule has 0 radical (unpaired) electrons. The molecule has 9 rings (SSSR count). The Morgan fingerprint density at radius 2 is 1.70 bits per heavy atom. The highest BCUT2D eigenvalue weighted by atomic mass is 79.9. The molecular weight excluding hydrogens is 965 g/mol. The van der Waals surface area contributed by atoms with Crippen LogP contribution in [0.5, 0.6) is 11.5 Å². The molecule has 2 unspecified atom stereocenters. The molecule has 2 amide bonds. The van der Waals surface area contributed by atoms with Crippen molar-refractivity contribution < 1.29 is 34.0 Å². The molecule has 6 atom stereocenters. The molecular formula is C55H63BrN6O7Si. The van der Waals surface area contributed by atoms with Gasteiger partial charge in [0.15, 0.2) is 5.60 Å². The van der Waals surface area contributed by atoms with Crippen molar-refractivity contribution in [1.29, 1.82) is 0 Å². The lowest BCUT2D eigenvalue weighted by molar-refractivity contribution is -0.146. The summed E-state index contributed by atoms with van der Waals surface area (Å²) in [5, 5.41) is 33.6. The van der Waals surface area contributed by atoms with Gasteiger partial charge in [0.05, 0.1) is 70.1 Å². The van der Waals surface area contributed by atoms with Crippen LogP contribution in [-0.4, -0.2) is 90.7 Å². The number of anilines is 3. The topological polar surface area (TPSA) is 152 Å². The van der Waals surface area contributed by atoms with Crippen molar-refractivity contribution in [2.24, 2.45) is 5.92 Å².